The average Bonchev–Trinajstić information content (AvgIpc) is 2.60. The normalized spacial score (nSPS) is 14.0. The zero-order valence-electron chi connectivity index (χ0n) is 17.8. The van der Waals surface area contributed by atoms with Crippen molar-refractivity contribution in [3.63, 3.8) is 0 Å². The van der Waals surface area contributed by atoms with Gasteiger partial charge >= 0.3 is 0 Å². The van der Waals surface area contributed by atoms with Gasteiger partial charge in [0.2, 0.25) is 0 Å². The van der Waals surface area contributed by atoms with Crippen molar-refractivity contribution in [1.29, 1.82) is 0 Å². The molecule has 0 saturated carbocycles. The predicted molar refractivity (Wildman–Crippen MR) is 120 cm³/mol. The largest absolute Gasteiger partial charge is 0.374 e. The number of rotatable bonds is 17. The Kier molecular flexibility index (Phi) is 19.3. The van der Waals surface area contributed by atoms with E-state index in [9.17, 15) is 0 Å². The predicted octanol–water partition coefficient (Wildman–Crippen LogP) is 6.06. The fourth-order valence-corrected chi connectivity index (χ4v) is 4.36. The van der Waals surface area contributed by atoms with Gasteiger partial charge < -0.3 is 5.32 Å². The molecule has 0 aliphatic carbocycles. The summed E-state index contributed by atoms with van der Waals surface area (Å²) in [6, 6.07) is 1.40. The molecule has 3 heteroatoms. The van der Waals surface area contributed by atoms with Crippen molar-refractivity contribution in [3.05, 3.63) is 11.8 Å². The highest BCUT2D eigenvalue weighted by molar-refractivity contribution is 6.42. The van der Waals surface area contributed by atoms with Gasteiger partial charge in [-0.1, -0.05) is 84.3 Å². The zero-order chi connectivity index (χ0) is 18.6. The number of hydrogen-bond donors (Lipinski definition) is 1. The van der Waals surface area contributed by atoms with E-state index in [1.54, 1.807) is 0 Å². The quantitative estimate of drug-likeness (QED) is 0.144. The molecule has 0 aliphatic heterocycles. The molecule has 1 atom stereocenters. The fraction of sp³-hybridized carbons (Fsp3) is 0.864. The van der Waals surface area contributed by atoms with Gasteiger partial charge in [-0.15, -0.1) is 5.70 Å². The number of aliphatic imine (C=N–C) groups is 1. The van der Waals surface area contributed by atoms with Gasteiger partial charge in [0.05, 0.1) is 5.84 Å². The van der Waals surface area contributed by atoms with Crippen LogP contribution in [0.3, 0.4) is 0 Å². The Balaban J connectivity index is 4.14. The molecule has 2 nitrogen and oxygen atoms in total. The van der Waals surface area contributed by atoms with E-state index < -0.39 is 0 Å². The van der Waals surface area contributed by atoms with Crippen LogP contribution in [0.5, 0.6) is 0 Å². The molecule has 0 heterocycles. The summed E-state index contributed by atoms with van der Waals surface area (Å²) in [5, 5.41) is 3.67. The van der Waals surface area contributed by atoms with Crippen LogP contribution >= 0.6 is 0 Å². The molecule has 25 heavy (non-hydrogen) atoms. The molecule has 1 N–H and O–H groups in total. The molecule has 0 aromatic heterocycles. The van der Waals surface area contributed by atoms with Crippen LogP contribution in [0.2, 0.25) is 6.04 Å². The van der Waals surface area contributed by atoms with Crippen LogP contribution in [0.4, 0.5) is 0 Å². The van der Waals surface area contributed by atoms with Gasteiger partial charge in [-0.2, -0.15) is 0 Å². The van der Waals surface area contributed by atoms with E-state index in [1.165, 1.54) is 76.1 Å². The van der Waals surface area contributed by atoms with Crippen molar-refractivity contribution in [2.24, 2.45) is 10.9 Å². The zero-order valence-corrected chi connectivity index (χ0v) is 19.2. The molecule has 0 amide bonds. The van der Waals surface area contributed by atoms with E-state index in [2.05, 4.69) is 44.8 Å². The number of nitrogens with one attached hydrogen (secondary N) is 1. The number of unbranched alkanes of at least 4 members (excludes halogenated alkanes) is 8. The third-order valence-electron chi connectivity index (χ3n) is 4.78. The molecule has 0 aliphatic rings. The van der Waals surface area contributed by atoms with Crippen molar-refractivity contribution in [1.82, 2.24) is 5.32 Å². The highest BCUT2D eigenvalue weighted by Crippen LogP contribution is 2.10. The van der Waals surface area contributed by atoms with Gasteiger partial charge in [0.1, 0.15) is 0 Å². The van der Waals surface area contributed by atoms with Crippen LogP contribution in [0, 0.1) is 5.92 Å². The summed E-state index contributed by atoms with van der Waals surface area (Å²) in [6.07, 6.45) is 16.8. The minimum absolute atomic E-state index is 0.00895. The van der Waals surface area contributed by atoms with Crippen molar-refractivity contribution >= 4 is 15.4 Å². The van der Waals surface area contributed by atoms with E-state index in [1.807, 2.05) is 0 Å². The first-order valence-corrected chi connectivity index (χ1v) is 12.9. The first-order chi connectivity index (χ1) is 12.2. The Morgan fingerprint density at radius 3 is 2.24 bits per heavy atom. The van der Waals surface area contributed by atoms with Crippen LogP contribution in [-0.2, 0) is 0 Å². The lowest BCUT2D eigenvalue weighted by Crippen LogP contribution is -2.27. The van der Waals surface area contributed by atoms with Gasteiger partial charge in [-0.3, -0.25) is 4.99 Å². The molecular weight excluding hydrogens is 320 g/mol. The number of hydrogen-bond acceptors (Lipinski definition) is 1. The molecule has 1 unspecified atom stereocenters. The summed E-state index contributed by atoms with van der Waals surface area (Å²) in [5.41, 5.74) is 2.42. The lowest BCUT2D eigenvalue weighted by atomic mass is 10.1. The Labute approximate surface area is 161 Å². The third-order valence-corrected chi connectivity index (χ3v) is 6.90. The minimum Gasteiger partial charge on any atom is -0.374 e. The average molecular weight is 367 g/mol. The smallest absolute Gasteiger partial charge is 0.0965 e. The summed E-state index contributed by atoms with van der Waals surface area (Å²) in [6.45, 7) is 11.2. The van der Waals surface area contributed by atoms with Crippen molar-refractivity contribution in [2.75, 3.05) is 13.1 Å². The third kappa shape index (κ3) is 18.0. The molecule has 0 rings (SSSR count). The summed E-state index contributed by atoms with van der Waals surface area (Å²) in [7, 11) is -0.00895. The molecule has 0 radical (unpaired) electrons. The maximum Gasteiger partial charge on any atom is 0.0965 e. The van der Waals surface area contributed by atoms with Crippen LogP contribution in [0.15, 0.2) is 16.8 Å². The summed E-state index contributed by atoms with van der Waals surface area (Å²) in [5.74, 6) is 2.06. The number of nitrogens with zero attached hydrogens (tertiary/aromatic N) is 1. The summed E-state index contributed by atoms with van der Waals surface area (Å²) < 4.78 is 0. The van der Waals surface area contributed by atoms with E-state index >= 15 is 0 Å². The second-order valence-corrected chi connectivity index (χ2v) is 9.17. The number of allylic oxidation sites excluding steroid dienone is 1. The summed E-state index contributed by atoms with van der Waals surface area (Å²) >= 11 is 0. The van der Waals surface area contributed by atoms with Gasteiger partial charge in [-0.25, -0.2) is 0 Å². The van der Waals surface area contributed by atoms with E-state index in [0.29, 0.717) is 0 Å². The van der Waals surface area contributed by atoms with E-state index in [0.717, 1.165) is 25.4 Å². The van der Waals surface area contributed by atoms with E-state index in [-0.39, 0.29) is 9.52 Å². The van der Waals surface area contributed by atoms with Crippen LogP contribution in [0.1, 0.15) is 98.3 Å². The maximum atomic E-state index is 4.93. The van der Waals surface area contributed by atoms with Gasteiger partial charge in [0.25, 0.3) is 0 Å². The van der Waals surface area contributed by atoms with Crippen molar-refractivity contribution < 1.29 is 0 Å². The molecule has 0 bridgehead atoms. The Bertz CT molecular complexity index is 326. The molecule has 0 aromatic rings. The Morgan fingerprint density at radius 1 is 0.960 bits per heavy atom. The van der Waals surface area contributed by atoms with E-state index in [4.69, 9.17) is 4.99 Å². The Morgan fingerprint density at radius 2 is 1.60 bits per heavy atom. The van der Waals surface area contributed by atoms with Crippen molar-refractivity contribution in [2.45, 2.75) is 104 Å². The SMILES string of the molecule is CC=C[SiH2]CC(C)CC(=NCCCCCCC)NCCCCCCC. The lowest BCUT2D eigenvalue weighted by molar-refractivity contribution is 0.608. The highest BCUT2D eigenvalue weighted by atomic mass is 28.2. The lowest BCUT2D eigenvalue weighted by Gasteiger charge is -2.15. The molecule has 148 valence electrons. The van der Waals surface area contributed by atoms with Gasteiger partial charge in [-0.05, 0) is 25.7 Å². The van der Waals surface area contributed by atoms with Crippen LogP contribution in [-0.4, -0.2) is 28.4 Å². The van der Waals surface area contributed by atoms with Crippen LogP contribution in [0.25, 0.3) is 0 Å². The Hall–Kier alpha value is -0.573. The summed E-state index contributed by atoms with van der Waals surface area (Å²) in [4.78, 5) is 4.93. The highest BCUT2D eigenvalue weighted by Gasteiger charge is 2.07. The standard InChI is InChI=1S/C22H46N2Si/c1-5-8-10-12-14-16-23-22(19-21(4)20-25-18-7-3)24-17-15-13-11-9-6-2/h7,18,21H,5-6,8-17,19-20,25H2,1-4H3,(H,23,24). The molecule has 0 saturated heterocycles. The molecule has 0 spiro atoms. The maximum absolute atomic E-state index is 4.93. The topological polar surface area (TPSA) is 24.4 Å². The second-order valence-electron chi connectivity index (χ2n) is 7.54. The van der Waals surface area contributed by atoms with Crippen LogP contribution < -0.4 is 5.32 Å². The first kappa shape index (κ1) is 24.4. The van der Waals surface area contributed by atoms with Crippen molar-refractivity contribution in [3.8, 4) is 0 Å². The van der Waals surface area contributed by atoms with Gasteiger partial charge in [0, 0.05) is 29.0 Å². The molecular formula is C22H46N2Si. The minimum atomic E-state index is -0.00895. The first-order valence-electron chi connectivity index (χ1n) is 11.1. The molecule has 0 aromatic carbocycles. The molecule has 0 fully saturated rings. The monoisotopic (exact) mass is 366 g/mol. The second kappa shape index (κ2) is 19.7. The fourth-order valence-electron chi connectivity index (χ4n) is 3.06. The number of amidine groups is 1. The van der Waals surface area contributed by atoms with Gasteiger partial charge in [0.15, 0.2) is 0 Å².